The summed E-state index contributed by atoms with van der Waals surface area (Å²) in [5.74, 6) is 8.38. The van der Waals surface area contributed by atoms with E-state index < -0.39 is 0 Å². The number of carbonyl (C=O) groups is 1. The number of nitrogens with one attached hydrogen (secondary N) is 1. The Morgan fingerprint density at radius 1 is 1.38 bits per heavy atom. The molecule has 1 aromatic heterocycles. The average Bonchev–Trinajstić information content (AvgIpc) is 3.19. The Morgan fingerprint density at radius 2 is 2.17 bits per heavy atom. The molecule has 4 rings (SSSR count). The van der Waals surface area contributed by atoms with Gasteiger partial charge in [0.2, 0.25) is 17.9 Å². The molecule has 1 fully saturated rings. The molecular formula is C15H17N5O3S. The van der Waals surface area contributed by atoms with Gasteiger partial charge in [-0.25, -0.2) is 4.68 Å². The van der Waals surface area contributed by atoms with Gasteiger partial charge >= 0.3 is 0 Å². The number of ether oxygens (including phenoxy) is 2. The van der Waals surface area contributed by atoms with Crippen LogP contribution in [0, 0.1) is 0 Å². The number of nitrogens with two attached hydrogens (primary N) is 1. The lowest BCUT2D eigenvalue weighted by atomic mass is 10.2. The smallest absolute Gasteiger partial charge is 0.237 e. The summed E-state index contributed by atoms with van der Waals surface area (Å²) in [6.45, 7) is 2.01. The van der Waals surface area contributed by atoms with E-state index in [0.717, 1.165) is 18.7 Å². The molecule has 0 unspecified atom stereocenters. The van der Waals surface area contributed by atoms with Gasteiger partial charge in [-0.3, -0.25) is 4.79 Å². The van der Waals surface area contributed by atoms with E-state index in [2.05, 4.69) is 15.5 Å². The molecule has 1 saturated carbocycles. The third-order valence-electron chi connectivity index (χ3n) is 3.92. The average molecular weight is 347 g/mol. The fraction of sp³-hybridized carbons (Fsp3) is 0.400. The molecule has 0 radical (unpaired) electrons. The molecule has 0 bridgehead atoms. The Bertz CT molecular complexity index is 789. The number of fused-ring (bicyclic) bond motifs is 1. The van der Waals surface area contributed by atoms with Gasteiger partial charge in [0.05, 0.1) is 5.25 Å². The van der Waals surface area contributed by atoms with E-state index in [1.165, 1.54) is 16.4 Å². The van der Waals surface area contributed by atoms with Crippen molar-refractivity contribution in [2.75, 3.05) is 18.0 Å². The van der Waals surface area contributed by atoms with Gasteiger partial charge in [-0.1, -0.05) is 11.8 Å². The SMILES string of the molecule is C[C@H](Sc1nnc(C2CC2)n1N)C(=O)Nc1ccc2c(c1)OCO2. The molecule has 9 heteroatoms. The van der Waals surface area contributed by atoms with Crippen molar-refractivity contribution in [3.05, 3.63) is 24.0 Å². The molecule has 24 heavy (non-hydrogen) atoms. The van der Waals surface area contributed by atoms with Crippen molar-refractivity contribution in [2.45, 2.75) is 36.1 Å². The molecule has 1 amide bonds. The maximum atomic E-state index is 12.4. The third-order valence-corrected chi connectivity index (χ3v) is 4.98. The van der Waals surface area contributed by atoms with Crippen molar-refractivity contribution < 1.29 is 14.3 Å². The second-order valence-electron chi connectivity index (χ2n) is 5.80. The van der Waals surface area contributed by atoms with Crippen LogP contribution in [0.25, 0.3) is 0 Å². The van der Waals surface area contributed by atoms with E-state index in [9.17, 15) is 4.79 Å². The third kappa shape index (κ3) is 2.86. The minimum Gasteiger partial charge on any atom is -0.454 e. The zero-order valence-electron chi connectivity index (χ0n) is 13.1. The number of benzene rings is 1. The van der Waals surface area contributed by atoms with Crippen molar-refractivity contribution in [3.63, 3.8) is 0 Å². The number of anilines is 1. The van der Waals surface area contributed by atoms with Crippen molar-refractivity contribution in [1.82, 2.24) is 14.9 Å². The number of aromatic nitrogens is 3. The second kappa shape index (κ2) is 5.90. The maximum Gasteiger partial charge on any atom is 0.237 e. The van der Waals surface area contributed by atoms with Gasteiger partial charge < -0.3 is 20.6 Å². The predicted molar refractivity (Wildman–Crippen MR) is 88.7 cm³/mol. The van der Waals surface area contributed by atoms with Gasteiger partial charge in [0.1, 0.15) is 0 Å². The van der Waals surface area contributed by atoms with Crippen LogP contribution in [0.3, 0.4) is 0 Å². The monoisotopic (exact) mass is 347 g/mol. The zero-order chi connectivity index (χ0) is 16.7. The van der Waals surface area contributed by atoms with Crippen LogP contribution >= 0.6 is 11.8 Å². The van der Waals surface area contributed by atoms with Crippen LogP contribution < -0.4 is 20.6 Å². The van der Waals surface area contributed by atoms with Crippen LogP contribution in [0.4, 0.5) is 5.69 Å². The lowest BCUT2D eigenvalue weighted by molar-refractivity contribution is -0.115. The summed E-state index contributed by atoms with van der Waals surface area (Å²) >= 11 is 1.29. The first-order chi connectivity index (χ1) is 11.6. The molecule has 1 aliphatic carbocycles. The summed E-state index contributed by atoms with van der Waals surface area (Å²) in [6, 6.07) is 5.29. The van der Waals surface area contributed by atoms with E-state index >= 15 is 0 Å². The molecule has 0 saturated heterocycles. The molecule has 1 aliphatic heterocycles. The van der Waals surface area contributed by atoms with E-state index in [1.807, 2.05) is 0 Å². The van der Waals surface area contributed by atoms with Crippen LogP contribution in [0.2, 0.25) is 0 Å². The van der Waals surface area contributed by atoms with Crippen LogP contribution in [-0.2, 0) is 4.79 Å². The quantitative estimate of drug-likeness (QED) is 0.627. The van der Waals surface area contributed by atoms with Crippen LogP contribution in [0.5, 0.6) is 11.5 Å². The van der Waals surface area contributed by atoms with Gasteiger partial charge in [-0.2, -0.15) is 0 Å². The van der Waals surface area contributed by atoms with Crippen molar-refractivity contribution in [1.29, 1.82) is 0 Å². The summed E-state index contributed by atoms with van der Waals surface area (Å²) in [6.07, 6.45) is 2.19. The van der Waals surface area contributed by atoms with Crippen molar-refractivity contribution in [2.24, 2.45) is 0 Å². The molecule has 1 aromatic carbocycles. The Hall–Kier alpha value is -2.42. The second-order valence-corrected chi connectivity index (χ2v) is 7.11. The lowest BCUT2D eigenvalue weighted by Gasteiger charge is -2.12. The van der Waals surface area contributed by atoms with Crippen molar-refractivity contribution in [3.8, 4) is 11.5 Å². The van der Waals surface area contributed by atoms with Gasteiger partial charge in [-0.15, -0.1) is 10.2 Å². The molecule has 1 atom stereocenters. The van der Waals surface area contributed by atoms with E-state index in [0.29, 0.717) is 28.3 Å². The Labute approximate surface area is 142 Å². The first kappa shape index (κ1) is 15.1. The van der Waals surface area contributed by atoms with Gasteiger partial charge in [-0.05, 0) is 31.9 Å². The first-order valence-corrected chi connectivity index (χ1v) is 8.57. The highest BCUT2D eigenvalue weighted by Gasteiger charge is 2.30. The predicted octanol–water partition coefficient (Wildman–Crippen LogP) is 1.72. The molecular weight excluding hydrogens is 330 g/mol. The standard InChI is InChI=1S/C15H17N5O3S/c1-8(24-15-19-18-13(20(15)16)9-2-3-9)14(21)17-10-4-5-11-12(6-10)23-7-22-11/h4-6,8-9H,2-3,7,16H2,1H3,(H,17,21)/t8-/m0/s1. The fourth-order valence-corrected chi connectivity index (χ4v) is 3.20. The van der Waals surface area contributed by atoms with E-state index in [-0.39, 0.29) is 18.0 Å². The maximum absolute atomic E-state index is 12.4. The first-order valence-electron chi connectivity index (χ1n) is 7.69. The van der Waals surface area contributed by atoms with Crippen LogP contribution in [-0.4, -0.2) is 32.8 Å². The number of amides is 1. The molecule has 8 nitrogen and oxygen atoms in total. The number of nitrogens with zero attached hydrogens (tertiary/aromatic N) is 3. The molecule has 126 valence electrons. The fourth-order valence-electron chi connectivity index (χ4n) is 2.42. The summed E-state index contributed by atoms with van der Waals surface area (Å²) < 4.78 is 12.1. The van der Waals surface area contributed by atoms with E-state index in [1.54, 1.807) is 25.1 Å². The largest absolute Gasteiger partial charge is 0.454 e. The number of carbonyl (C=O) groups excluding carboxylic acids is 1. The number of rotatable bonds is 5. The summed E-state index contributed by atoms with van der Waals surface area (Å²) in [7, 11) is 0. The topological polar surface area (TPSA) is 104 Å². The summed E-state index contributed by atoms with van der Waals surface area (Å²) in [5.41, 5.74) is 0.657. The highest BCUT2D eigenvalue weighted by Crippen LogP contribution is 2.39. The number of thioether (sulfide) groups is 1. The Morgan fingerprint density at radius 3 is 2.96 bits per heavy atom. The number of nitrogen functional groups attached to an aromatic ring is 1. The van der Waals surface area contributed by atoms with Gasteiger partial charge in [0.15, 0.2) is 17.3 Å². The molecule has 0 spiro atoms. The van der Waals surface area contributed by atoms with Gasteiger partial charge in [0, 0.05) is 17.7 Å². The lowest BCUT2D eigenvalue weighted by Crippen LogP contribution is -2.23. The molecule has 3 N–H and O–H groups in total. The highest BCUT2D eigenvalue weighted by atomic mass is 32.2. The van der Waals surface area contributed by atoms with Crippen LogP contribution in [0.1, 0.15) is 31.5 Å². The Kier molecular flexibility index (Phi) is 3.72. The van der Waals surface area contributed by atoms with Gasteiger partial charge in [0.25, 0.3) is 0 Å². The Balaban J connectivity index is 1.40. The molecule has 2 aromatic rings. The molecule has 2 aliphatic rings. The normalized spacial score (nSPS) is 16.9. The van der Waals surface area contributed by atoms with Crippen molar-refractivity contribution >= 4 is 23.4 Å². The highest BCUT2D eigenvalue weighted by molar-refractivity contribution is 8.00. The summed E-state index contributed by atoms with van der Waals surface area (Å²) in [4.78, 5) is 12.4. The number of hydrogen-bond donors (Lipinski definition) is 2. The molecule has 2 heterocycles. The minimum absolute atomic E-state index is 0.144. The van der Waals surface area contributed by atoms with E-state index in [4.69, 9.17) is 15.3 Å². The minimum atomic E-state index is -0.367. The van der Waals surface area contributed by atoms with Crippen LogP contribution in [0.15, 0.2) is 23.4 Å². The summed E-state index contributed by atoms with van der Waals surface area (Å²) in [5, 5.41) is 11.2. The number of hydrogen-bond acceptors (Lipinski definition) is 7. The zero-order valence-corrected chi connectivity index (χ0v) is 13.9.